The number of amides is 2. The number of carbonyl (C=O) groups is 2. The van der Waals surface area contributed by atoms with E-state index in [9.17, 15) is 9.59 Å². The maximum absolute atomic E-state index is 11.3. The summed E-state index contributed by atoms with van der Waals surface area (Å²) >= 11 is 0. The molecular weight excluding hydrogens is 204 g/mol. The molecule has 0 aromatic carbocycles. The minimum Gasteiger partial charge on any atom is -0.359 e. The summed E-state index contributed by atoms with van der Waals surface area (Å²) in [4.78, 5) is 23.9. The molecule has 0 saturated carbocycles. The highest BCUT2D eigenvalue weighted by Gasteiger charge is 2.17. The van der Waals surface area contributed by atoms with Gasteiger partial charge < -0.3 is 10.2 Å². The molecule has 1 heterocycles. The van der Waals surface area contributed by atoms with Gasteiger partial charge in [0.05, 0.1) is 0 Å². The molecule has 0 aromatic rings. The van der Waals surface area contributed by atoms with E-state index in [1.165, 1.54) is 6.08 Å². The lowest BCUT2D eigenvalue weighted by molar-refractivity contribution is -0.123. The Labute approximate surface area is 96.0 Å². The number of carbonyl (C=O) groups excluding carboxylic acids is 2. The van der Waals surface area contributed by atoms with Crippen LogP contribution in [0.3, 0.4) is 0 Å². The largest absolute Gasteiger partial charge is 0.359 e. The summed E-state index contributed by atoms with van der Waals surface area (Å²) in [6.45, 7) is 4.47. The third-order valence-electron chi connectivity index (χ3n) is 2.60. The molecule has 16 heavy (non-hydrogen) atoms. The summed E-state index contributed by atoms with van der Waals surface area (Å²) in [7, 11) is 1.64. The molecule has 0 atom stereocenters. The second-order valence-electron chi connectivity index (χ2n) is 3.80. The summed E-state index contributed by atoms with van der Waals surface area (Å²) < 4.78 is 0. The van der Waals surface area contributed by atoms with E-state index < -0.39 is 0 Å². The fourth-order valence-corrected chi connectivity index (χ4v) is 1.60. The topological polar surface area (TPSA) is 49.4 Å². The van der Waals surface area contributed by atoms with Gasteiger partial charge in [0.1, 0.15) is 0 Å². The SMILES string of the molecule is C=C1C=CC(=O)N1CCCCCC(=O)NC. The second-order valence-corrected chi connectivity index (χ2v) is 3.80. The summed E-state index contributed by atoms with van der Waals surface area (Å²) in [6.07, 6.45) is 6.54. The van der Waals surface area contributed by atoms with Crippen LogP contribution in [0.4, 0.5) is 0 Å². The lowest BCUT2D eigenvalue weighted by Gasteiger charge is -2.16. The van der Waals surface area contributed by atoms with Crippen molar-refractivity contribution in [2.45, 2.75) is 25.7 Å². The third kappa shape index (κ3) is 3.53. The minimum atomic E-state index is 0.0105. The zero-order valence-electron chi connectivity index (χ0n) is 9.66. The molecule has 88 valence electrons. The van der Waals surface area contributed by atoms with Gasteiger partial charge >= 0.3 is 0 Å². The number of rotatable bonds is 6. The van der Waals surface area contributed by atoms with E-state index in [1.54, 1.807) is 18.0 Å². The first-order chi connectivity index (χ1) is 7.65. The van der Waals surface area contributed by atoms with E-state index in [1.807, 2.05) is 0 Å². The standard InChI is InChI=1S/C12H18N2O2/c1-10-7-8-12(16)14(10)9-5-3-4-6-11(15)13-2/h7-8H,1,3-6,9H2,2H3,(H,13,15). The number of nitrogens with one attached hydrogen (secondary N) is 1. The molecule has 2 amide bonds. The smallest absolute Gasteiger partial charge is 0.251 e. The van der Waals surface area contributed by atoms with Gasteiger partial charge in [0.2, 0.25) is 5.91 Å². The number of nitrogens with zero attached hydrogens (tertiary/aromatic N) is 1. The molecule has 1 aliphatic rings. The Morgan fingerprint density at radius 1 is 1.38 bits per heavy atom. The molecule has 1 N–H and O–H groups in total. The van der Waals surface area contributed by atoms with Crippen molar-refractivity contribution < 1.29 is 9.59 Å². The number of hydrogen-bond donors (Lipinski definition) is 1. The van der Waals surface area contributed by atoms with Crippen LogP contribution in [0.25, 0.3) is 0 Å². The van der Waals surface area contributed by atoms with Crippen LogP contribution in [-0.4, -0.2) is 30.3 Å². The monoisotopic (exact) mass is 222 g/mol. The van der Waals surface area contributed by atoms with E-state index in [0.29, 0.717) is 13.0 Å². The zero-order valence-corrected chi connectivity index (χ0v) is 9.66. The van der Waals surface area contributed by atoms with Crippen LogP contribution in [0.5, 0.6) is 0 Å². The van der Waals surface area contributed by atoms with Crippen LogP contribution in [0.2, 0.25) is 0 Å². The van der Waals surface area contributed by atoms with E-state index in [4.69, 9.17) is 0 Å². The van der Waals surface area contributed by atoms with E-state index in [2.05, 4.69) is 11.9 Å². The Balaban J connectivity index is 2.10. The molecule has 4 nitrogen and oxygen atoms in total. The molecule has 0 unspecified atom stereocenters. The van der Waals surface area contributed by atoms with Crippen LogP contribution in [-0.2, 0) is 9.59 Å². The van der Waals surface area contributed by atoms with Crippen molar-refractivity contribution in [3.8, 4) is 0 Å². The van der Waals surface area contributed by atoms with Crippen molar-refractivity contribution >= 4 is 11.8 Å². The van der Waals surface area contributed by atoms with E-state index in [-0.39, 0.29) is 11.8 Å². The first kappa shape index (κ1) is 12.5. The Morgan fingerprint density at radius 3 is 2.69 bits per heavy atom. The molecule has 0 radical (unpaired) electrons. The van der Waals surface area contributed by atoms with Gasteiger partial charge in [-0.3, -0.25) is 9.59 Å². The van der Waals surface area contributed by atoms with Gasteiger partial charge in [-0.25, -0.2) is 0 Å². The molecule has 4 heteroatoms. The highest BCUT2D eigenvalue weighted by atomic mass is 16.2. The van der Waals surface area contributed by atoms with Crippen molar-refractivity contribution in [3.63, 3.8) is 0 Å². The molecular formula is C12H18N2O2. The van der Waals surface area contributed by atoms with Crippen molar-refractivity contribution in [1.29, 1.82) is 0 Å². The third-order valence-corrected chi connectivity index (χ3v) is 2.60. The number of unbranched alkanes of at least 4 members (excludes halogenated alkanes) is 2. The summed E-state index contributed by atoms with van der Waals surface area (Å²) in [5, 5.41) is 2.58. The van der Waals surface area contributed by atoms with Crippen molar-refractivity contribution in [2.24, 2.45) is 0 Å². The highest BCUT2D eigenvalue weighted by molar-refractivity contribution is 5.92. The van der Waals surface area contributed by atoms with E-state index >= 15 is 0 Å². The quantitative estimate of drug-likeness (QED) is 0.687. The Bertz CT molecular complexity index is 303. The molecule has 0 aromatic heterocycles. The molecule has 0 saturated heterocycles. The summed E-state index contributed by atoms with van der Waals surface area (Å²) in [5.74, 6) is 0.0830. The maximum atomic E-state index is 11.3. The van der Waals surface area contributed by atoms with Crippen LogP contribution in [0, 0.1) is 0 Å². The molecule has 0 bridgehead atoms. The van der Waals surface area contributed by atoms with Crippen molar-refractivity contribution in [3.05, 3.63) is 24.4 Å². The predicted octanol–water partition coefficient (Wildman–Crippen LogP) is 1.20. The average Bonchev–Trinajstić information content (AvgIpc) is 2.59. The molecule has 0 aliphatic carbocycles. The minimum absolute atomic E-state index is 0.0105. The van der Waals surface area contributed by atoms with Crippen LogP contribution in [0.15, 0.2) is 24.4 Å². The Hall–Kier alpha value is -1.58. The lowest BCUT2D eigenvalue weighted by Crippen LogP contribution is -2.24. The normalized spacial score (nSPS) is 14.7. The highest BCUT2D eigenvalue weighted by Crippen LogP contribution is 2.14. The molecule has 0 spiro atoms. The van der Waals surface area contributed by atoms with Gasteiger partial charge in [0, 0.05) is 31.8 Å². The molecule has 1 aliphatic heterocycles. The van der Waals surface area contributed by atoms with Gasteiger partial charge in [-0.1, -0.05) is 13.0 Å². The predicted molar refractivity (Wildman–Crippen MR) is 62.5 cm³/mol. The van der Waals surface area contributed by atoms with Gasteiger partial charge in [-0.05, 0) is 18.9 Å². The van der Waals surface area contributed by atoms with Gasteiger partial charge in [-0.2, -0.15) is 0 Å². The van der Waals surface area contributed by atoms with Gasteiger partial charge in [0.25, 0.3) is 5.91 Å². The fraction of sp³-hybridized carbons (Fsp3) is 0.500. The summed E-state index contributed by atoms with van der Waals surface area (Å²) in [5.41, 5.74) is 0.760. The number of allylic oxidation sites excluding steroid dienone is 1. The fourth-order valence-electron chi connectivity index (χ4n) is 1.60. The first-order valence-electron chi connectivity index (χ1n) is 5.54. The van der Waals surface area contributed by atoms with Crippen LogP contribution >= 0.6 is 0 Å². The van der Waals surface area contributed by atoms with Crippen LogP contribution in [0.1, 0.15) is 25.7 Å². The van der Waals surface area contributed by atoms with Crippen LogP contribution < -0.4 is 5.32 Å². The molecule has 0 fully saturated rings. The maximum Gasteiger partial charge on any atom is 0.251 e. The zero-order chi connectivity index (χ0) is 12.0. The first-order valence-corrected chi connectivity index (χ1v) is 5.54. The van der Waals surface area contributed by atoms with Crippen molar-refractivity contribution in [2.75, 3.05) is 13.6 Å². The second kappa shape index (κ2) is 6.10. The summed E-state index contributed by atoms with van der Waals surface area (Å²) in [6, 6.07) is 0. The Morgan fingerprint density at radius 2 is 2.12 bits per heavy atom. The van der Waals surface area contributed by atoms with Crippen molar-refractivity contribution in [1.82, 2.24) is 10.2 Å². The lowest BCUT2D eigenvalue weighted by atomic mass is 10.2. The van der Waals surface area contributed by atoms with E-state index in [0.717, 1.165) is 25.0 Å². The Kier molecular flexibility index (Phi) is 4.76. The molecule has 1 rings (SSSR count). The van der Waals surface area contributed by atoms with Gasteiger partial charge in [0.15, 0.2) is 0 Å². The number of hydrogen-bond acceptors (Lipinski definition) is 2. The average molecular weight is 222 g/mol. The van der Waals surface area contributed by atoms with Gasteiger partial charge in [-0.15, -0.1) is 0 Å².